The van der Waals surface area contributed by atoms with Crippen LogP contribution in [0.25, 0.3) is 0 Å². The zero-order chi connectivity index (χ0) is 13.2. The van der Waals surface area contributed by atoms with Crippen molar-refractivity contribution in [3.63, 3.8) is 0 Å². The molecule has 0 aromatic heterocycles. The molecule has 4 heteroatoms. The van der Waals surface area contributed by atoms with Crippen LogP contribution in [0.1, 0.15) is 36.8 Å². The first-order valence-electron chi connectivity index (χ1n) is 6.15. The lowest BCUT2D eigenvalue weighted by Crippen LogP contribution is -2.42. The molecule has 2 nitrogen and oxygen atoms in total. The third-order valence-electron chi connectivity index (χ3n) is 3.77. The monoisotopic (exact) mass is 254 g/mol. The Morgan fingerprint density at radius 1 is 1.28 bits per heavy atom. The van der Waals surface area contributed by atoms with E-state index in [1.54, 1.807) is 24.3 Å². The normalized spacial score (nSPS) is 17.5. The van der Waals surface area contributed by atoms with Crippen LogP contribution < -0.4 is 0 Å². The van der Waals surface area contributed by atoms with E-state index in [4.69, 9.17) is 0 Å². The molecule has 2 rings (SSSR count). The van der Waals surface area contributed by atoms with Gasteiger partial charge in [-0.15, -0.1) is 0 Å². The molecule has 1 aliphatic rings. The molecule has 1 aromatic rings. The number of aliphatic carboxylic acids is 1. The van der Waals surface area contributed by atoms with Gasteiger partial charge in [-0.05, 0) is 30.4 Å². The van der Waals surface area contributed by atoms with E-state index in [0.29, 0.717) is 19.3 Å². The lowest BCUT2D eigenvalue weighted by atomic mass is 9.64. The smallest absolute Gasteiger partial charge is 0.314 e. The van der Waals surface area contributed by atoms with Crippen molar-refractivity contribution in [1.82, 2.24) is 0 Å². The maximum atomic E-state index is 12.1. The van der Waals surface area contributed by atoms with Crippen LogP contribution in [0.15, 0.2) is 24.3 Å². The van der Waals surface area contributed by atoms with Gasteiger partial charge in [0.05, 0.1) is 5.41 Å². The zero-order valence-electron chi connectivity index (χ0n) is 10.0. The average molecular weight is 254 g/mol. The van der Waals surface area contributed by atoms with E-state index in [2.05, 4.69) is 0 Å². The van der Waals surface area contributed by atoms with Crippen molar-refractivity contribution in [3.05, 3.63) is 35.4 Å². The molecule has 18 heavy (non-hydrogen) atoms. The number of hydrogen-bond donors (Lipinski definition) is 1. The maximum Gasteiger partial charge on any atom is 0.314 e. The molecule has 0 bridgehead atoms. The van der Waals surface area contributed by atoms with Crippen molar-refractivity contribution >= 4 is 5.97 Å². The number of hydrogen-bond acceptors (Lipinski definition) is 1. The van der Waals surface area contributed by atoms with Gasteiger partial charge in [0, 0.05) is 6.42 Å². The number of carboxylic acids is 1. The predicted molar refractivity (Wildman–Crippen MR) is 63.9 cm³/mol. The summed E-state index contributed by atoms with van der Waals surface area (Å²) in [5.41, 5.74) is 0.891. The highest BCUT2D eigenvalue weighted by atomic mass is 19.3. The van der Waals surface area contributed by atoms with Gasteiger partial charge in [0.2, 0.25) is 6.43 Å². The summed E-state index contributed by atoms with van der Waals surface area (Å²) in [7, 11) is 0. The fraction of sp³-hybridized carbons (Fsp3) is 0.500. The highest BCUT2D eigenvalue weighted by Crippen LogP contribution is 2.43. The predicted octanol–water partition coefficient (Wildman–Crippen LogP) is 3.39. The highest BCUT2D eigenvalue weighted by molar-refractivity contribution is 5.82. The molecule has 1 saturated carbocycles. The number of benzene rings is 1. The summed E-state index contributed by atoms with van der Waals surface area (Å²) >= 11 is 0. The van der Waals surface area contributed by atoms with Crippen molar-refractivity contribution in [1.29, 1.82) is 0 Å². The van der Waals surface area contributed by atoms with Gasteiger partial charge in [0.25, 0.3) is 0 Å². The van der Waals surface area contributed by atoms with E-state index in [1.165, 1.54) is 0 Å². The summed E-state index contributed by atoms with van der Waals surface area (Å²) in [5.74, 6) is -0.783. The largest absolute Gasteiger partial charge is 0.481 e. The standard InChI is InChI=1S/C14H16F2O2/c15-12(16)7-4-10-2-5-11(6-3-10)14(13(17)18)8-1-9-14/h2-3,5-6,12H,1,4,7-9H2,(H,17,18). The second-order valence-corrected chi connectivity index (χ2v) is 4.87. The van der Waals surface area contributed by atoms with Crippen molar-refractivity contribution in [2.24, 2.45) is 0 Å². The van der Waals surface area contributed by atoms with Crippen LogP contribution in [0.2, 0.25) is 0 Å². The molecular weight excluding hydrogens is 238 g/mol. The number of carbonyl (C=O) groups is 1. The van der Waals surface area contributed by atoms with E-state index < -0.39 is 17.8 Å². The van der Waals surface area contributed by atoms with Gasteiger partial charge in [-0.25, -0.2) is 8.78 Å². The average Bonchev–Trinajstić information content (AvgIpc) is 2.26. The summed E-state index contributed by atoms with van der Waals surface area (Å²) in [6, 6.07) is 7.07. The molecule has 0 spiro atoms. The van der Waals surface area contributed by atoms with Crippen molar-refractivity contribution in [3.8, 4) is 0 Å². The van der Waals surface area contributed by atoms with E-state index in [-0.39, 0.29) is 6.42 Å². The molecule has 0 amide bonds. The minimum absolute atomic E-state index is 0.149. The van der Waals surface area contributed by atoms with Crippen LogP contribution >= 0.6 is 0 Å². The first-order valence-corrected chi connectivity index (χ1v) is 6.15. The van der Waals surface area contributed by atoms with Gasteiger partial charge in [0.1, 0.15) is 0 Å². The second-order valence-electron chi connectivity index (χ2n) is 4.87. The second kappa shape index (κ2) is 5.04. The zero-order valence-corrected chi connectivity index (χ0v) is 10.0. The highest BCUT2D eigenvalue weighted by Gasteiger charge is 2.45. The third-order valence-corrected chi connectivity index (χ3v) is 3.77. The quantitative estimate of drug-likeness (QED) is 0.874. The van der Waals surface area contributed by atoms with Crippen molar-refractivity contribution in [2.45, 2.75) is 43.9 Å². The number of alkyl halides is 2. The minimum atomic E-state index is -2.29. The van der Waals surface area contributed by atoms with Crippen LogP contribution in [-0.4, -0.2) is 17.5 Å². The van der Waals surface area contributed by atoms with E-state index in [1.807, 2.05) is 0 Å². The molecule has 1 aliphatic carbocycles. The Morgan fingerprint density at radius 2 is 1.89 bits per heavy atom. The third kappa shape index (κ3) is 2.37. The Balaban J connectivity index is 2.10. The number of rotatable bonds is 5. The number of aryl methyl sites for hydroxylation is 1. The molecule has 0 unspecified atom stereocenters. The van der Waals surface area contributed by atoms with Gasteiger partial charge < -0.3 is 5.11 Å². The molecule has 0 atom stereocenters. The SMILES string of the molecule is O=C(O)C1(c2ccc(CCC(F)F)cc2)CCC1. The molecule has 98 valence electrons. The summed E-state index contributed by atoms with van der Waals surface area (Å²) in [4.78, 5) is 11.3. The summed E-state index contributed by atoms with van der Waals surface area (Å²) in [5, 5.41) is 9.28. The summed E-state index contributed by atoms with van der Waals surface area (Å²) < 4.78 is 24.2. The summed E-state index contributed by atoms with van der Waals surface area (Å²) in [6.45, 7) is 0. The molecule has 1 aromatic carbocycles. The Kier molecular flexibility index (Phi) is 3.64. The van der Waals surface area contributed by atoms with Crippen LogP contribution in [0.4, 0.5) is 8.78 Å². The number of halogens is 2. The Labute approximate surface area is 105 Å². The molecular formula is C14H16F2O2. The fourth-order valence-corrected chi connectivity index (χ4v) is 2.42. The Morgan fingerprint density at radius 3 is 2.28 bits per heavy atom. The van der Waals surface area contributed by atoms with Crippen molar-refractivity contribution in [2.75, 3.05) is 0 Å². The first kappa shape index (κ1) is 13.0. The van der Waals surface area contributed by atoms with E-state index in [9.17, 15) is 18.7 Å². The van der Waals surface area contributed by atoms with Crippen LogP contribution in [0.5, 0.6) is 0 Å². The first-order chi connectivity index (χ1) is 8.54. The maximum absolute atomic E-state index is 12.1. The van der Waals surface area contributed by atoms with Gasteiger partial charge in [-0.2, -0.15) is 0 Å². The summed E-state index contributed by atoms with van der Waals surface area (Å²) in [6.07, 6.45) is 0.153. The van der Waals surface area contributed by atoms with E-state index in [0.717, 1.165) is 17.5 Å². The molecule has 0 radical (unpaired) electrons. The lowest BCUT2D eigenvalue weighted by molar-refractivity contribution is -0.147. The molecule has 0 aliphatic heterocycles. The molecule has 1 fully saturated rings. The Hall–Kier alpha value is -1.45. The van der Waals surface area contributed by atoms with Crippen LogP contribution in [0, 0.1) is 0 Å². The molecule has 0 heterocycles. The van der Waals surface area contributed by atoms with Gasteiger partial charge in [-0.1, -0.05) is 30.7 Å². The van der Waals surface area contributed by atoms with Gasteiger partial charge in [0.15, 0.2) is 0 Å². The van der Waals surface area contributed by atoms with Crippen molar-refractivity contribution < 1.29 is 18.7 Å². The van der Waals surface area contributed by atoms with Gasteiger partial charge >= 0.3 is 5.97 Å². The minimum Gasteiger partial charge on any atom is -0.481 e. The van der Waals surface area contributed by atoms with Crippen LogP contribution in [-0.2, 0) is 16.6 Å². The molecule has 1 N–H and O–H groups in total. The van der Waals surface area contributed by atoms with Crippen LogP contribution in [0.3, 0.4) is 0 Å². The van der Waals surface area contributed by atoms with Gasteiger partial charge in [-0.3, -0.25) is 4.79 Å². The fourth-order valence-electron chi connectivity index (χ4n) is 2.42. The Bertz CT molecular complexity index is 422. The lowest BCUT2D eigenvalue weighted by Gasteiger charge is -2.38. The topological polar surface area (TPSA) is 37.3 Å². The van der Waals surface area contributed by atoms with E-state index >= 15 is 0 Å². The number of carboxylic acid groups (broad SMARTS) is 1. The molecule has 0 saturated heterocycles.